The van der Waals surface area contributed by atoms with Gasteiger partial charge < -0.3 is 19.3 Å². The van der Waals surface area contributed by atoms with E-state index in [4.69, 9.17) is 14.2 Å². The van der Waals surface area contributed by atoms with Crippen molar-refractivity contribution >= 4 is 0 Å². The van der Waals surface area contributed by atoms with E-state index < -0.39 is 6.10 Å². The van der Waals surface area contributed by atoms with Gasteiger partial charge in [0.1, 0.15) is 5.75 Å². The number of ether oxygens (including phenoxy) is 3. The van der Waals surface area contributed by atoms with Crippen LogP contribution in [0.15, 0.2) is 24.3 Å². The van der Waals surface area contributed by atoms with Crippen LogP contribution in [-0.2, 0) is 9.47 Å². The molecule has 0 saturated carbocycles. The first-order valence-electron chi connectivity index (χ1n) is 6.43. The molecule has 18 heavy (non-hydrogen) atoms. The average molecular weight is 252 g/mol. The molecule has 2 rings (SSSR count). The largest absolute Gasteiger partial charge is 0.494 e. The fraction of sp³-hybridized carbons (Fsp3) is 0.571. The molecule has 0 aromatic heterocycles. The van der Waals surface area contributed by atoms with E-state index >= 15 is 0 Å². The number of benzene rings is 1. The van der Waals surface area contributed by atoms with Crippen molar-refractivity contribution in [1.82, 2.24) is 0 Å². The van der Waals surface area contributed by atoms with Crippen molar-refractivity contribution in [3.8, 4) is 5.75 Å². The Labute approximate surface area is 107 Å². The maximum Gasteiger partial charge on any atom is 0.157 e. The van der Waals surface area contributed by atoms with E-state index in [1.54, 1.807) is 0 Å². The molecule has 1 aliphatic rings. The third kappa shape index (κ3) is 3.70. The molecule has 1 N–H and O–H groups in total. The first kappa shape index (κ1) is 13.3. The second-order valence-electron chi connectivity index (χ2n) is 4.27. The van der Waals surface area contributed by atoms with Gasteiger partial charge in [-0.1, -0.05) is 12.1 Å². The molecule has 1 aromatic carbocycles. The van der Waals surface area contributed by atoms with Gasteiger partial charge in [-0.25, -0.2) is 0 Å². The van der Waals surface area contributed by atoms with Crippen LogP contribution in [0.4, 0.5) is 0 Å². The standard InChI is InChI=1S/C14H20O4/c1-2-16-12-5-3-4-11(10-12)13(15)6-7-14-17-8-9-18-14/h3-5,10,13-15H,2,6-9H2,1H3. The molecule has 1 unspecified atom stereocenters. The maximum atomic E-state index is 10.1. The second kappa shape index (κ2) is 6.73. The lowest BCUT2D eigenvalue weighted by molar-refractivity contribution is -0.0542. The number of aliphatic hydroxyl groups is 1. The van der Waals surface area contributed by atoms with Crippen molar-refractivity contribution in [3.63, 3.8) is 0 Å². The molecule has 1 fully saturated rings. The minimum absolute atomic E-state index is 0.158. The number of hydrogen-bond donors (Lipinski definition) is 1. The highest BCUT2D eigenvalue weighted by Crippen LogP contribution is 2.24. The van der Waals surface area contributed by atoms with Gasteiger partial charge >= 0.3 is 0 Å². The molecule has 4 heteroatoms. The summed E-state index contributed by atoms with van der Waals surface area (Å²) in [5.41, 5.74) is 0.874. The summed E-state index contributed by atoms with van der Waals surface area (Å²) in [5.74, 6) is 0.794. The quantitative estimate of drug-likeness (QED) is 0.843. The van der Waals surface area contributed by atoms with Gasteiger partial charge in [0.05, 0.1) is 25.9 Å². The molecule has 0 aliphatic carbocycles. The highest BCUT2D eigenvalue weighted by Gasteiger charge is 2.18. The number of aliphatic hydroxyl groups excluding tert-OH is 1. The Balaban J connectivity index is 1.86. The van der Waals surface area contributed by atoms with E-state index in [9.17, 15) is 5.11 Å². The zero-order valence-electron chi connectivity index (χ0n) is 10.7. The minimum atomic E-state index is -0.502. The van der Waals surface area contributed by atoms with Crippen LogP contribution in [0.5, 0.6) is 5.75 Å². The van der Waals surface area contributed by atoms with Crippen LogP contribution in [0.3, 0.4) is 0 Å². The van der Waals surface area contributed by atoms with Crippen molar-refractivity contribution < 1.29 is 19.3 Å². The van der Waals surface area contributed by atoms with Crippen molar-refractivity contribution in [2.75, 3.05) is 19.8 Å². The van der Waals surface area contributed by atoms with Crippen molar-refractivity contribution in [2.24, 2.45) is 0 Å². The topological polar surface area (TPSA) is 47.9 Å². The van der Waals surface area contributed by atoms with Crippen LogP contribution in [0.2, 0.25) is 0 Å². The van der Waals surface area contributed by atoms with Crippen molar-refractivity contribution in [1.29, 1.82) is 0 Å². The Morgan fingerprint density at radius 3 is 2.89 bits per heavy atom. The first-order valence-corrected chi connectivity index (χ1v) is 6.43. The van der Waals surface area contributed by atoms with Crippen LogP contribution in [0.25, 0.3) is 0 Å². The molecule has 1 saturated heterocycles. The Bertz CT molecular complexity index is 361. The van der Waals surface area contributed by atoms with E-state index in [0.717, 1.165) is 11.3 Å². The molecule has 100 valence electrons. The van der Waals surface area contributed by atoms with Gasteiger partial charge in [-0.05, 0) is 31.0 Å². The van der Waals surface area contributed by atoms with Crippen molar-refractivity contribution in [2.45, 2.75) is 32.2 Å². The molecule has 0 amide bonds. The van der Waals surface area contributed by atoms with Crippen LogP contribution < -0.4 is 4.74 Å². The highest BCUT2D eigenvalue weighted by atomic mass is 16.7. The van der Waals surface area contributed by atoms with E-state index in [0.29, 0.717) is 32.7 Å². The van der Waals surface area contributed by atoms with Gasteiger partial charge in [0.15, 0.2) is 6.29 Å². The molecule has 1 aliphatic heterocycles. The predicted molar refractivity (Wildman–Crippen MR) is 67.5 cm³/mol. The summed E-state index contributed by atoms with van der Waals surface area (Å²) >= 11 is 0. The van der Waals surface area contributed by atoms with Crippen LogP contribution >= 0.6 is 0 Å². The van der Waals surface area contributed by atoms with Crippen LogP contribution in [0.1, 0.15) is 31.4 Å². The van der Waals surface area contributed by atoms with E-state index in [1.165, 1.54) is 0 Å². The zero-order chi connectivity index (χ0) is 12.8. The molecule has 1 heterocycles. The summed E-state index contributed by atoms with van der Waals surface area (Å²) in [4.78, 5) is 0. The van der Waals surface area contributed by atoms with Gasteiger partial charge in [-0.15, -0.1) is 0 Å². The summed E-state index contributed by atoms with van der Waals surface area (Å²) < 4.78 is 16.1. The minimum Gasteiger partial charge on any atom is -0.494 e. The smallest absolute Gasteiger partial charge is 0.157 e. The molecule has 4 nitrogen and oxygen atoms in total. The number of rotatable bonds is 6. The summed E-state index contributed by atoms with van der Waals surface area (Å²) in [6.45, 7) is 3.88. The normalized spacial score (nSPS) is 17.9. The Morgan fingerprint density at radius 1 is 1.39 bits per heavy atom. The second-order valence-corrected chi connectivity index (χ2v) is 4.27. The van der Waals surface area contributed by atoms with Gasteiger partial charge in [-0.2, -0.15) is 0 Å². The Morgan fingerprint density at radius 2 is 2.17 bits per heavy atom. The molecule has 0 spiro atoms. The third-order valence-corrected chi connectivity index (χ3v) is 2.92. The predicted octanol–water partition coefficient (Wildman–Crippen LogP) is 2.27. The fourth-order valence-electron chi connectivity index (χ4n) is 2.01. The molecule has 1 atom stereocenters. The summed E-state index contributed by atoms with van der Waals surface area (Å²) in [6.07, 6.45) is 0.674. The Hall–Kier alpha value is -1.10. The summed E-state index contributed by atoms with van der Waals surface area (Å²) in [7, 11) is 0. The fourth-order valence-corrected chi connectivity index (χ4v) is 2.01. The summed E-state index contributed by atoms with van der Waals surface area (Å²) in [5, 5.41) is 10.1. The third-order valence-electron chi connectivity index (χ3n) is 2.92. The lowest BCUT2D eigenvalue weighted by atomic mass is 10.0. The monoisotopic (exact) mass is 252 g/mol. The average Bonchev–Trinajstić information content (AvgIpc) is 2.90. The maximum absolute atomic E-state index is 10.1. The SMILES string of the molecule is CCOc1cccc(C(O)CCC2OCCO2)c1. The Kier molecular flexibility index (Phi) is 4.99. The van der Waals surface area contributed by atoms with Gasteiger partial charge in [0.25, 0.3) is 0 Å². The first-order chi connectivity index (χ1) is 8.79. The molecule has 0 bridgehead atoms. The zero-order valence-corrected chi connectivity index (χ0v) is 10.7. The van der Waals surface area contributed by atoms with E-state index in [2.05, 4.69) is 0 Å². The van der Waals surface area contributed by atoms with Crippen LogP contribution in [0, 0.1) is 0 Å². The lowest BCUT2D eigenvalue weighted by Crippen LogP contribution is -2.10. The van der Waals surface area contributed by atoms with Gasteiger partial charge in [0.2, 0.25) is 0 Å². The molecule has 0 radical (unpaired) electrons. The number of hydrogen-bond acceptors (Lipinski definition) is 4. The highest BCUT2D eigenvalue weighted by molar-refractivity contribution is 5.29. The van der Waals surface area contributed by atoms with Crippen molar-refractivity contribution in [3.05, 3.63) is 29.8 Å². The van der Waals surface area contributed by atoms with E-state index in [-0.39, 0.29) is 6.29 Å². The molecule has 1 aromatic rings. The van der Waals surface area contributed by atoms with E-state index in [1.807, 2.05) is 31.2 Å². The van der Waals surface area contributed by atoms with Crippen LogP contribution in [-0.4, -0.2) is 31.2 Å². The van der Waals surface area contributed by atoms with Gasteiger partial charge in [0, 0.05) is 6.42 Å². The lowest BCUT2D eigenvalue weighted by Gasteiger charge is -2.14. The summed E-state index contributed by atoms with van der Waals surface area (Å²) in [6, 6.07) is 7.57. The molecular formula is C14H20O4. The molecular weight excluding hydrogens is 232 g/mol. The van der Waals surface area contributed by atoms with Gasteiger partial charge in [-0.3, -0.25) is 0 Å².